The van der Waals surface area contributed by atoms with E-state index >= 15 is 0 Å². The maximum atomic E-state index is 12.2. The summed E-state index contributed by atoms with van der Waals surface area (Å²) in [5, 5.41) is 3.17. The zero-order valence-corrected chi connectivity index (χ0v) is 16.0. The topological polar surface area (TPSA) is 78.1 Å². The fraction of sp³-hybridized carbons (Fsp3) is 0.174. The van der Waals surface area contributed by atoms with Crippen LogP contribution in [0.15, 0.2) is 47.3 Å². The third kappa shape index (κ3) is 4.63. The lowest BCUT2D eigenvalue weighted by molar-refractivity contribution is 0.0958. The molecule has 144 valence electrons. The van der Waals surface area contributed by atoms with Crippen LogP contribution >= 0.6 is 0 Å². The Morgan fingerprint density at radius 2 is 1.93 bits per heavy atom. The molecule has 0 atom stereocenters. The summed E-state index contributed by atoms with van der Waals surface area (Å²) < 4.78 is 0. The van der Waals surface area contributed by atoms with Crippen LogP contribution in [0.3, 0.4) is 0 Å². The van der Waals surface area contributed by atoms with Gasteiger partial charge in [-0.2, -0.15) is 0 Å². The second kappa shape index (κ2) is 8.77. The van der Waals surface area contributed by atoms with Gasteiger partial charge in [0.05, 0.1) is 24.0 Å². The van der Waals surface area contributed by atoms with Gasteiger partial charge in [0.1, 0.15) is 5.82 Å². The average Bonchev–Trinajstić information content (AvgIpc) is 2.72. The van der Waals surface area contributed by atoms with E-state index < -0.39 is 0 Å². The van der Waals surface area contributed by atoms with Gasteiger partial charge in [-0.15, -0.1) is 12.8 Å². The van der Waals surface area contributed by atoms with Crippen LogP contribution in [0.4, 0.5) is 5.69 Å². The lowest BCUT2D eigenvalue weighted by Gasteiger charge is -2.23. The van der Waals surface area contributed by atoms with E-state index in [1.807, 2.05) is 35.2 Å². The predicted octanol–water partition coefficient (Wildman–Crippen LogP) is 2.23. The van der Waals surface area contributed by atoms with Crippen molar-refractivity contribution in [3.05, 3.63) is 69.8 Å². The van der Waals surface area contributed by atoms with E-state index in [0.29, 0.717) is 35.4 Å². The minimum Gasteiger partial charge on any atom is -0.356 e. The Labute approximate surface area is 169 Å². The van der Waals surface area contributed by atoms with E-state index in [4.69, 9.17) is 12.8 Å². The van der Waals surface area contributed by atoms with Gasteiger partial charge in [0.2, 0.25) is 0 Å². The molecule has 0 radical (unpaired) electrons. The van der Waals surface area contributed by atoms with E-state index in [9.17, 15) is 9.59 Å². The van der Waals surface area contributed by atoms with Gasteiger partial charge >= 0.3 is 0 Å². The highest BCUT2D eigenvalue weighted by Crippen LogP contribution is 2.19. The average molecular weight is 384 g/mol. The Kier molecular flexibility index (Phi) is 5.97. The van der Waals surface area contributed by atoms with Crippen molar-refractivity contribution in [1.29, 1.82) is 0 Å². The van der Waals surface area contributed by atoms with E-state index in [2.05, 4.69) is 27.1 Å². The molecule has 2 aromatic carbocycles. The number of anilines is 1. The van der Waals surface area contributed by atoms with Crippen molar-refractivity contribution in [3.8, 4) is 24.7 Å². The maximum absolute atomic E-state index is 12.2. The van der Waals surface area contributed by atoms with Crippen molar-refractivity contribution < 1.29 is 4.79 Å². The molecule has 0 aliphatic heterocycles. The molecule has 6 nitrogen and oxygen atoms in total. The molecule has 29 heavy (non-hydrogen) atoms. The van der Waals surface area contributed by atoms with Crippen molar-refractivity contribution in [2.45, 2.75) is 13.5 Å². The maximum Gasteiger partial charge on any atom is 0.258 e. The Hall–Kier alpha value is -4.03. The SMILES string of the molecule is C#CCNC(=O)c1ccc(N(CC#C)Cc2ccc3nc(C)[nH]c(=O)c3c2)cc1. The normalized spacial score (nSPS) is 10.2. The molecular formula is C23H20N4O2. The Bertz CT molecular complexity index is 1180. The van der Waals surface area contributed by atoms with Gasteiger partial charge in [0.25, 0.3) is 11.5 Å². The number of rotatable bonds is 6. The van der Waals surface area contributed by atoms with Crippen molar-refractivity contribution in [3.63, 3.8) is 0 Å². The van der Waals surface area contributed by atoms with Gasteiger partial charge < -0.3 is 15.2 Å². The molecule has 0 bridgehead atoms. The molecule has 0 aliphatic rings. The lowest BCUT2D eigenvalue weighted by Crippen LogP contribution is -2.25. The quantitative estimate of drug-likeness (QED) is 0.639. The van der Waals surface area contributed by atoms with Gasteiger partial charge in [-0.05, 0) is 48.9 Å². The molecule has 1 aromatic heterocycles. The van der Waals surface area contributed by atoms with Crippen molar-refractivity contribution in [2.24, 2.45) is 0 Å². The molecule has 0 fully saturated rings. The molecule has 0 spiro atoms. The fourth-order valence-electron chi connectivity index (χ4n) is 3.03. The number of carbonyl (C=O) groups is 1. The molecule has 0 saturated heterocycles. The van der Waals surface area contributed by atoms with Crippen LogP contribution in [0.25, 0.3) is 10.9 Å². The van der Waals surface area contributed by atoms with Crippen LogP contribution in [0.1, 0.15) is 21.7 Å². The first-order valence-corrected chi connectivity index (χ1v) is 9.01. The molecule has 2 N–H and O–H groups in total. The first-order chi connectivity index (χ1) is 14.0. The number of carbonyl (C=O) groups excluding carboxylic acids is 1. The summed E-state index contributed by atoms with van der Waals surface area (Å²) >= 11 is 0. The Morgan fingerprint density at radius 1 is 1.17 bits per heavy atom. The van der Waals surface area contributed by atoms with Crippen LogP contribution in [0, 0.1) is 31.6 Å². The summed E-state index contributed by atoms with van der Waals surface area (Å²) in [5.74, 6) is 5.37. The van der Waals surface area contributed by atoms with Gasteiger partial charge in [-0.3, -0.25) is 9.59 Å². The highest BCUT2D eigenvalue weighted by Gasteiger charge is 2.10. The Balaban J connectivity index is 1.84. The fourth-order valence-corrected chi connectivity index (χ4v) is 3.03. The summed E-state index contributed by atoms with van der Waals surface area (Å²) in [7, 11) is 0. The van der Waals surface area contributed by atoms with Crippen LogP contribution < -0.4 is 15.8 Å². The van der Waals surface area contributed by atoms with Gasteiger partial charge in [0, 0.05) is 17.8 Å². The number of H-pyrrole nitrogens is 1. The van der Waals surface area contributed by atoms with Crippen LogP contribution in [0.5, 0.6) is 0 Å². The molecule has 6 heteroatoms. The molecule has 1 amide bonds. The zero-order valence-electron chi connectivity index (χ0n) is 16.0. The van der Waals surface area contributed by atoms with Crippen molar-refractivity contribution in [2.75, 3.05) is 18.0 Å². The molecule has 0 aliphatic carbocycles. The number of hydrogen-bond acceptors (Lipinski definition) is 4. The van der Waals surface area contributed by atoms with Gasteiger partial charge in [-0.1, -0.05) is 17.9 Å². The number of amides is 1. The number of aromatic amines is 1. The summed E-state index contributed by atoms with van der Waals surface area (Å²) in [4.78, 5) is 33.3. The second-order valence-corrected chi connectivity index (χ2v) is 6.50. The number of aryl methyl sites for hydroxylation is 1. The highest BCUT2D eigenvalue weighted by molar-refractivity contribution is 5.94. The highest BCUT2D eigenvalue weighted by atomic mass is 16.1. The smallest absolute Gasteiger partial charge is 0.258 e. The molecule has 0 unspecified atom stereocenters. The van der Waals surface area contributed by atoms with Crippen LogP contribution in [0.2, 0.25) is 0 Å². The standard InChI is InChI=1S/C23H20N4O2/c1-4-12-24-22(28)18-7-9-19(10-8-18)27(13-5-2)15-17-6-11-21-20(14-17)23(29)26-16(3)25-21/h1-2,6-11,14H,12-13,15H2,3H3,(H,24,28)(H,25,26,29). The third-order valence-electron chi connectivity index (χ3n) is 4.39. The van der Waals surface area contributed by atoms with Crippen molar-refractivity contribution in [1.82, 2.24) is 15.3 Å². The van der Waals surface area contributed by atoms with E-state index in [-0.39, 0.29) is 18.0 Å². The van der Waals surface area contributed by atoms with E-state index in [1.165, 1.54) is 0 Å². The van der Waals surface area contributed by atoms with Crippen LogP contribution in [-0.4, -0.2) is 29.0 Å². The zero-order chi connectivity index (χ0) is 20.8. The number of benzene rings is 2. The first kappa shape index (κ1) is 19.7. The van der Waals surface area contributed by atoms with E-state index in [1.54, 1.807) is 19.1 Å². The monoisotopic (exact) mass is 384 g/mol. The van der Waals surface area contributed by atoms with Crippen LogP contribution in [-0.2, 0) is 6.54 Å². The van der Waals surface area contributed by atoms with Crippen molar-refractivity contribution >= 4 is 22.5 Å². The summed E-state index contributed by atoms with van der Waals surface area (Å²) in [5.41, 5.74) is 2.80. The summed E-state index contributed by atoms with van der Waals surface area (Å²) in [6.07, 6.45) is 10.7. The Morgan fingerprint density at radius 3 is 2.62 bits per heavy atom. The molecule has 3 aromatic rings. The largest absolute Gasteiger partial charge is 0.356 e. The number of fused-ring (bicyclic) bond motifs is 1. The van der Waals surface area contributed by atoms with Gasteiger partial charge in [-0.25, -0.2) is 4.98 Å². The number of terminal acetylenes is 2. The van der Waals surface area contributed by atoms with E-state index in [0.717, 1.165) is 11.3 Å². The number of nitrogens with zero attached hydrogens (tertiary/aromatic N) is 2. The lowest BCUT2D eigenvalue weighted by atomic mass is 10.1. The summed E-state index contributed by atoms with van der Waals surface area (Å²) in [6.45, 7) is 2.82. The van der Waals surface area contributed by atoms with Gasteiger partial charge in [0.15, 0.2) is 0 Å². The number of hydrogen-bond donors (Lipinski definition) is 2. The molecule has 3 rings (SSSR count). The minimum atomic E-state index is -0.227. The number of nitrogens with one attached hydrogen (secondary N) is 2. The number of aromatic nitrogens is 2. The first-order valence-electron chi connectivity index (χ1n) is 9.01. The third-order valence-corrected chi connectivity index (χ3v) is 4.39. The minimum absolute atomic E-state index is 0.166. The molecule has 1 heterocycles. The summed E-state index contributed by atoms with van der Waals surface area (Å²) in [6, 6.07) is 12.7. The second-order valence-electron chi connectivity index (χ2n) is 6.50. The molecule has 0 saturated carbocycles. The predicted molar refractivity (Wildman–Crippen MR) is 115 cm³/mol. The molecular weight excluding hydrogens is 364 g/mol.